The van der Waals surface area contributed by atoms with Crippen molar-refractivity contribution in [3.05, 3.63) is 82.4 Å². The smallest absolute Gasteiger partial charge is 0.209 e. The van der Waals surface area contributed by atoms with Crippen LogP contribution >= 0.6 is 22.6 Å². The molecule has 4 aromatic carbocycles. The summed E-state index contributed by atoms with van der Waals surface area (Å²) in [6, 6.07) is 24.9. The van der Waals surface area contributed by atoms with E-state index < -0.39 is 9.84 Å². The van der Waals surface area contributed by atoms with Gasteiger partial charge in [0.05, 0.1) is 26.3 Å². The Hall–Kier alpha value is -2.84. The molecule has 0 spiro atoms. The predicted molar refractivity (Wildman–Crippen MR) is 130 cm³/mol. The lowest BCUT2D eigenvalue weighted by Gasteiger charge is -2.08. The molecule has 30 heavy (non-hydrogen) atoms. The molecule has 0 saturated heterocycles. The third-order valence-electron chi connectivity index (χ3n) is 5.66. The minimum absolute atomic E-state index is 0.296. The van der Waals surface area contributed by atoms with E-state index in [0.29, 0.717) is 18.9 Å². The Morgan fingerprint density at radius 2 is 1.17 bits per heavy atom. The van der Waals surface area contributed by atoms with Crippen LogP contribution in [0.4, 0.5) is 0 Å². The van der Waals surface area contributed by atoms with Crippen LogP contribution in [0.25, 0.3) is 43.6 Å². The molecule has 6 heteroatoms. The topological polar surface area (TPSA) is 65.7 Å². The van der Waals surface area contributed by atoms with Crippen molar-refractivity contribution >= 4 is 76.0 Å². The number of fused-ring (bicyclic) bond motifs is 7. The summed E-state index contributed by atoms with van der Waals surface area (Å²) >= 11 is 2.08. The van der Waals surface area contributed by atoms with Crippen molar-refractivity contribution in [3.8, 4) is 0 Å². The largest absolute Gasteiger partial charge is 0.353 e. The highest BCUT2D eigenvalue weighted by atomic mass is 127. The average molecular weight is 522 g/mol. The minimum atomic E-state index is -3.67. The van der Waals surface area contributed by atoms with Crippen LogP contribution in [0.2, 0.25) is 0 Å². The molecule has 0 saturated carbocycles. The van der Waals surface area contributed by atoms with E-state index in [1.54, 1.807) is 18.2 Å². The van der Waals surface area contributed by atoms with Crippen LogP contribution < -0.4 is 0 Å². The monoisotopic (exact) mass is 522 g/mol. The summed E-state index contributed by atoms with van der Waals surface area (Å²) in [5, 5.41) is 4.17. The van der Waals surface area contributed by atoms with Crippen LogP contribution in [0, 0.1) is 3.57 Å². The van der Waals surface area contributed by atoms with Gasteiger partial charge in [-0.15, -0.1) is 0 Å². The van der Waals surface area contributed by atoms with Gasteiger partial charge in [-0.05, 0) is 46.9 Å². The number of para-hydroxylation sites is 2. The van der Waals surface area contributed by atoms with Crippen molar-refractivity contribution < 1.29 is 8.42 Å². The first-order valence-corrected chi connectivity index (χ1v) is 12.1. The standard InChI is InChI=1S/C24H15IN2O2S/c25-18-8-2-4-10-20(18)30(28,29)21-11-5-7-15-17-13-12-16-14-6-1-3-9-19(14)26-23(16)24(17)27-22(15)21/h1-13,26-27H. The molecule has 6 rings (SSSR count). The molecular weight excluding hydrogens is 507 g/mol. The van der Waals surface area contributed by atoms with Crippen LogP contribution in [-0.2, 0) is 9.84 Å². The molecule has 0 radical (unpaired) electrons. The second-order valence-corrected chi connectivity index (χ2v) is 10.4. The minimum Gasteiger partial charge on any atom is -0.353 e. The summed E-state index contributed by atoms with van der Waals surface area (Å²) in [4.78, 5) is 7.55. The van der Waals surface area contributed by atoms with Gasteiger partial charge in [-0.2, -0.15) is 0 Å². The molecule has 4 nitrogen and oxygen atoms in total. The lowest BCUT2D eigenvalue weighted by atomic mass is 10.1. The quantitative estimate of drug-likeness (QED) is 0.259. The number of rotatable bonds is 2. The molecule has 0 bridgehead atoms. The average Bonchev–Trinajstić information content (AvgIpc) is 3.32. The molecule has 0 aliphatic heterocycles. The molecule has 0 atom stereocenters. The van der Waals surface area contributed by atoms with E-state index in [1.807, 2.05) is 36.4 Å². The van der Waals surface area contributed by atoms with Gasteiger partial charge in [-0.25, -0.2) is 8.42 Å². The molecule has 146 valence electrons. The van der Waals surface area contributed by atoms with Crippen LogP contribution in [0.1, 0.15) is 0 Å². The summed E-state index contributed by atoms with van der Waals surface area (Å²) < 4.78 is 27.7. The summed E-state index contributed by atoms with van der Waals surface area (Å²) in [7, 11) is -3.67. The van der Waals surface area contributed by atoms with Gasteiger partial charge in [0.1, 0.15) is 0 Å². The lowest BCUT2D eigenvalue weighted by Crippen LogP contribution is -2.04. The third-order valence-corrected chi connectivity index (χ3v) is 8.83. The van der Waals surface area contributed by atoms with E-state index in [4.69, 9.17) is 0 Å². The van der Waals surface area contributed by atoms with Crippen LogP contribution in [-0.4, -0.2) is 18.4 Å². The van der Waals surface area contributed by atoms with Gasteiger partial charge in [0.15, 0.2) is 0 Å². The van der Waals surface area contributed by atoms with Gasteiger partial charge in [0.25, 0.3) is 0 Å². The maximum absolute atomic E-state index is 13.5. The number of halogens is 1. The highest BCUT2D eigenvalue weighted by Gasteiger charge is 2.24. The van der Waals surface area contributed by atoms with Gasteiger partial charge in [-0.1, -0.05) is 54.6 Å². The van der Waals surface area contributed by atoms with Crippen molar-refractivity contribution in [2.45, 2.75) is 9.79 Å². The van der Waals surface area contributed by atoms with Gasteiger partial charge < -0.3 is 9.97 Å². The second kappa shape index (κ2) is 6.33. The van der Waals surface area contributed by atoms with Gasteiger partial charge >= 0.3 is 0 Å². The number of sulfone groups is 1. The summed E-state index contributed by atoms with van der Waals surface area (Å²) in [5.41, 5.74) is 3.61. The first kappa shape index (κ1) is 18.0. The Morgan fingerprint density at radius 1 is 0.567 bits per heavy atom. The van der Waals surface area contributed by atoms with Crippen molar-refractivity contribution in [2.24, 2.45) is 0 Å². The van der Waals surface area contributed by atoms with E-state index in [2.05, 4.69) is 56.8 Å². The van der Waals surface area contributed by atoms with Crippen LogP contribution in [0.5, 0.6) is 0 Å². The van der Waals surface area contributed by atoms with Gasteiger partial charge in [0.2, 0.25) is 9.84 Å². The van der Waals surface area contributed by atoms with Crippen molar-refractivity contribution in [1.82, 2.24) is 9.97 Å². The van der Waals surface area contributed by atoms with Crippen LogP contribution in [0.3, 0.4) is 0 Å². The maximum Gasteiger partial charge on any atom is 0.209 e. The summed E-state index contributed by atoms with van der Waals surface area (Å²) in [5.74, 6) is 0. The molecule has 0 unspecified atom stereocenters. The van der Waals surface area contributed by atoms with E-state index in [-0.39, 0.29) is 0 Å². The Bertz CT molecular complexity index is 1730. The highest BCUT2D eigenvalue weighted by molar-refractivity contribution is 14.1. The number of aromatic amines is 2. The lowest BCUT2D eigenvalue weighted by molar-refractivity contribution is 0.596. The molecule has 0 aliphatic rings. The molecule has 2 aromatic heterocycles. The SMILES string of the molecule is O=S(=O)(c1ccccc1I)c1cccc2c1[nH]c1c2ccc2c3ccccc3[nH]c21. The maximum atomic E-state index is 13.5. The third kappa shape index (κ3) is 2.40. The second-order valence-electron chi connectivity index (χ2n) is 7.32. The Kier molecular flexibility index (Phi) is 3.79. The number of aromatic nitrogens is 2. The number of benzene rings is 4. The Balaban J connectivity index is 1.72. The van der Waals surface area contributed by atoms with E-state index >= 15 is 0 Å². The Morgan fingerprint density at radius 3 is 2.00 bits per heavy atom. The summed E-state index contributed by atoms with van der Waals surface area (Å²) in [6.45, 7) is 0. The van der Waals surface area contributed by atoms with E-state index in [1.165, 1.54) is 0 Å². The number of hydrogen-bond donors (Lipinski definition) is 2. The van der Waals surface area contributed by atoms with Crippen molar-refractivity contribution in [3.63, 3.8) is 0 Å². The zero-order valence-electron chi connectivity index (χ0n) is 15.6. The van der Waals surface area contributed by atoms with Crippen LogP contribution in [0.15, 0.2) is 88.7 Å². The normalized spacial score (nSPS) is 12.4. The number of H-pyrrole nitrogens is 2. The van der Waals surface area contributed by atoms with Crippen molar-refractivity contribution in [1.29, 1.82) is 0 Å². The predicted octanol–water partition coefficient (Wildman–Crippen LogP) is 6.39. The molecule has 0 aliphatic carbocycles. The van der Waals surface area contributed by atoms with Gasteiger partial charge in [-0.3, -0.25) is 0 Å². The first-order valence-electron chi connectivity index (χ1n) is 9.49. The molecular formula is C24H15IN2O2S. The zero-order valence-corrected chi connectivity index (χ0v) is 18.6. The van der Waals surface area contributed by atoms with Gasteiger partial charge in [0, 0.05) is 30.6 Å². The fraction of sp³-hybridized carbons (Fsp3) is 0. The summed E-state index contributed by atoms with van der Waals surface area (Å²) in [6.07, 6.45) is 0. The first-order chi connectivity index (χ1) is 14.6. The number of hydrogen-bond acceptors (Lipinski definition) is 2. The zero-order chi connectivity index (χ0) is 20.5. The molecule has 6 aromatic rings. The molecule has 0 fully saturated rings. The van der Waals surface area contributed by atoms with E-state index in [9.17, 15) is 8.42 Å². The number of nitrogens with one attached hydrogen (secondary N) is 2. The molecule has 2 N–H and O–H groups in total. The fourth-order valence-electron chi connectivity index (χ4n) is 4.29. The van der Waals surface area contributed by atoms with E-state index in [0.717, 1.165) is 38.1 Å². The molecule has 2 heterocycles. The Labute approximate surface area is 186 Å². The van der Waals surface area contributed by atoms with Crippen molar-refractivity contribution in [2.75, 3.05) is 0 Å². The fourth-order valence-corrected chi connectivity index (χ4v) is 7.05. The molecule has 0 amide bonds. The highest BCUT2D eigenvalue weighted by Crippen LogP contribution is 2.37.